The van der Waals surface area contributed by atoms with E-state index < -0.39 is 0 Å². The van der Waals surface area contributed by atoms with Gasteiger partial charge >= 0.3 is 0 Å². The molecular formula is C20H20N2O2. The lowest BCUT2D eigenvalue weighted by atomic mass is 10.1. The van der Waals surface area contributed by atoms with Crippen LogP contribution in [-0.2, 0) is 19.4 Å². The molecule has 24 heavy (non-hydrogen) atoms. The van der Waals surface area contributed by atoms with Crippen molar-refractivity contribution >= 4 is 0 Å². The average molecular weight is 320 g/mol. The van der Waals surface area contributed by atoms with Crippen molar-refractivity contribution in [3.63, 3.8) is 0 Å². The lowest BCUT2D eigenvalue weighted by Crippen LogP contribution is -2.29. The Morgan fingerprint density at radius 1 is 1.08 bits per heavy atom. The van der Waals surface area contributed by atoms with Crippen molar-refractivity contribution < 1.29 is 9.26 Å². The van der Waals surface area contributed by atoms with Crippen LogP contribution in [0.15, 0.2) is 59.1 Å². The van der Waals surface area contributed by atoms with Crippen LogP contribution in [0.5, 0.6) is 5.75 Å². The Labute approximate surface area is 141 Å². The molecule has 0 spiro atoms. The molecule has 4 rings (SSSR count). The maximum absolute atomic E-state index is 5.47. The van der Waals surface area contributed by atoms with E-state index in [4.69, 9.17) is 9.26 Å². The highest BCUT2D eigenvalue weighted by atomic mass is 16.5. The molecular weight excluding hydrogens is 300 g/mol. The van der Waals surface area contributed by atoms with E-state index in [9.17, 15) is 0 Å². The van der Waals surface area contributed by atoms with Crippen molar-refractivity contribution in [3.05, 3.63) is 71.4 Å². The minimum atomic E-state index is 0.475. The van der Waals surface area contributed by atoms with Crippen molar-refractivity contribution in [2.45, 2.75) is 25.4 Å². The normalized spacial score (nSPS) is 13.9. The number of aromatic nitrogens is 1. The van der Waals surface area contributed by atoms with E-state index in [1.807, 2.05) is 30.3 Å². The van der Waals surface area contributed by atoms with Gasteiger partial charge < -0.3 is 14.6 Å². The van der Waals surface area contributed by atoms with Gasteiger partial charge in [0.1, 0.15) is 5.75 Å². The Bertz CT molecular complexity index is 799. The fourth-order valence-corrected chi connectivity index (χ4v) is 3.24. The summed E-state index contributed by atoms with van der Waals surface area (Å²) in [7, 11) is 1.66. The van der Waals surface area contributed by atoms with E-state index in [-0.39, 0.29) is 0 Å². The third-order valence-corrected chi connectivity index (χ3v) is 4.56. The van der Waals surface area contributed by atoms with E-state index in [1.165, 1.54) is 11.1 Å². The second-order valence-corrected chi connectivity index (χ2v) is 6.17. The molecule has 2 aromatic carbocycles. The molecule has 1 N–H and O–H groups in total. The highest BCUT2D eigenvalue weighted by Gasteiger charge is 2.20. The number of nitrogens with one attached hydrogen (secondary N) is 1. The van der Waals surface area contributed by atoms with Crippen LogP contribution in [0, 0.1) is 0 Å². The van der Waals surface area contributed by atoms with Crippen molar-refractivity contribution in [1.82, 2.24) is 10.5 Å². The highest BCUT2D eigenvalue weighted by molar-refractivity contribution is 5.58. The highest BCUT2D eigenvalue weighted by Crippen LogP contribution is 2.24. The van der Waals surface area contributed by atoms with Crippen LogP contribution in [-0.4, -0.2) is 18.3 Å². The fraction of sp³-hybridized carbons (Fsp3) is 0.250. The van der Waals surface area contributed by atoms with Crippen LogP contribution in [0.1, 0.15) is 16.8 Å². The van der Waals surface area contributed by atoms with Crippen LogP contribution in [0.2, 0.25) is 0 Å². The van der Waals surface area contributed by atoms with Crippen LogP contribution in [0.3, 0.4) is 0 Å². The zero-order valence-electron chi connectivity index (χ0n) is 13.7. The number of ether oxygens (including phenoxy) is 1. The summed E-state index contributed by atoms with van der Waals surface area (Å²) in [5.74, 6) is 1.62. The lowest BCUT2D eigenvalue weighted by Gasteiger charge is -2.09. The maximum atomic E-state index is 5.47. The van der Waals surface area contributed by atoms with Crippen molar-refractivity contribution in [1.29, 1.82) is 0 Å². The number of hydrogen-bond acceptors (Lipinski definition) is 4. The Morgan fingerprint density at radius 2 is 1.79 bits per heavy atom. The molecule has 122 valence electrons. The van der Waals surface area contributed by atoms with Crippen molar-refractivity contribution in [3.8, 4) is 17.1 Å². The molecule has 0 unspecified atom stereocenters. The summed E-state index contributed by atoms with van der Waals surface area (Å²) in [6.45, 7) is 0.721. The second-order valence-electron chi connectivity index (χ2n) is 6.17. The molecule has 1 aliphatic rings. The lowest BCUT2D eigenvalue weighted by molar-refractivity contribution is 0.412. The molecule has 1 heterocycles. The summed E-state index contributed by atoms with van der Waals surface area (Å²) in [4.78, 5) is 0. The van der Waals surface area contributed by atoms with E-state index in [0.717, 1.165) is 42.2 Å². The Morgan fingerprint density at radius 3 is 2.46 bits per heavy atom. The predicted octanol–water partition coefficient (Wildman–Crippen LogP) is 3.61. The molecule has 0 fully saturated rings. The third kappa shape index (κ3) is 3.05. The average Bonchev–Trinajstić information content (AvgIpc) is 3.26. The molecule has 0 saturated heterocycles. The van der Waals surface area contributed by atoms with Gasteiger partial charge in [-0.3, -0.25) is 0 Å². The Hall–Kier alpha value is -2.59. The van der Waals surface area contributed by atoms with Gasteiger partial charge in [0.05, 0.1) is 12.8 Å². The first-order valence-corrected chi connectivity index (χ1v) is 8.22. The number of rotatable bonds is 5. The van der Waals surface area contributed by atoms with E-state index in [0.29, 0.717) is 6.04 Å². The van der Waals surface area contributed by atoms with Gasteiger partial charge in [-0.25, -0.2) is 0 Å². The molecule has 0 bridgehead atoms. The minimum Gasteiger partial charge on any atom is -0.497 e. The molecule has 3 aromatic rings. The van der Waals surface area contributed by atoms with Gasteiger partial charge in [0.15, 0.2) is 5.76 Å². The molecule has 0 aliphatic heterocycles. The smallest absolute Gasteiger partial charge is 0.167 e. The summed E-state index contributed by atoms with van der Waals surface area (Å²) in [5.41, 5.74) is 4.84. The van der Waals surface area contributed by atoms with Gasteiger partial charge in [0.25, 0.3) is 0 Å². The summed E-state index contributed by atoms with van der Waals surface area (Å²) in [6.07, 6.45) is 2.17. The molecule has 1 aromatic heterocycles. The first-order chi connectivity index (χ1) is 11.8. The molecule has 0 atom stereocenters. The van der Waals surface area contributed by atoms with Crippen LogP contribution in [0.4, 0.5) is 0 Å². The monoisotopic (exact) mass is 320 g/mol. The largest absolute Gasteiger partial charge is 0.497 e. The quantitative estimate of drug-likeness (QED) is 0.780. The summed E-state index contributed by atoms with van der Waals surface area (Å²) in [5, 5.41) is 7.76. The van der Waals surface area contributed by atoms with Crippen LogP contribution < -0.4 is 10.1 Å². The zero-order chi connectivity index (χ0) is 16.4. The first-order valence-electron chi connectivity index (χ1n) is 8.22. The zero-order valence-corrected chi connectivity index (χ0v) is 13.7. The number of benzene rings is 2. The SMILES string of the molecule is COc1ccc(-c2cc(CNC3Cc4ccccc4C3)no2)cc1. The van der Waals surface area contributed by atoms with E-state index in [1.54, 1.807) is 7.11 Å². The molecule has 0 radical (unpaired) electrons. The third-order valence-electron chi connectivity index (χ3n) is 4.56. The fourth-order valence-electron chi connectivity index (χ4n) is 3.24. The van der Waals surface area contributed by atoms with Crippen molar-refractivity contribution in [2.24, 2.45) is 0 Å². The minimum absolute atomic E-state index is 0.475. The number of fused-ring (bicyclic) bond motifs is 1. The summed E-state index contributed by atoms with van der Waals surface area (Å²) >= 11 is 0. The molecule has 4 nitrogen and oxygen atoms in total. The van der Waals surface area contributed by atoms with Crippen LogP contribution in [0.25, 0.3) is 11.3 Å². The topological polar surface area (TPSA) is 47.3 Å². The molecule has 0 amide bonds. The summed E-state index contributed by atoms with van der Waals surface area (Å²) in [6, 6.07) is 18.9. The molecule has 0 saturated carbocycles. The van der Waals surface area contributed by atoms with Gasteiger partial charge in [0.2, 0.25) is 0 Å². The van der Waals surface area contributed by atoms with Gasteiger partial charge in [0, 0.05) is 24.2 Å². The number of nitrogens with zero attached hydrogens (tertiary/aromatic N) is 1. The molecule has 4 heteroatoms. The molecule has 1 aliphatic carbocycles. The predicted molar refractivity (Wildman–Crippen MR) is 93.0 cm³/mol. The van der Waals surface area contributed by atoms with Gasteiger partial charge in [-0.15, -0.1) is 0 Å². The van der Waals surface area contributed by atoms with Crippen LogP contribution >= 0.6 is 0 Å². The van der Waals surface area contributed by atoms with E-state index in [2.05, 4.69) is 34.7 Å². The van der Waals surface area contributed by atoms with Gasteiger partial charge in [-0.2, -0.15) is 0 Å². The van der Waals surface area contributed by atoms with Crippen molar-refractivity contribution in [2.75, 3.05) is 7.11 Å². The van der Waals surface area contributed by atoms with Gasteiger partial charge in [-0.1, -0.05) is 29.4 Å². The first kappa shape index (κ1) is 15.0. The Balaban J connectivity index is 1.37. The van der Waals surface area contributed by atoms with E-state index >= 15 is 0 Å². The second kappa shape index (κ2) is 6.49. The Kier molecular flexibility index (Phi) is 4.05. The number of methoxy groups -OCH3 is 1. The summed E-state index contributed by atoms with van der Waals surface area (Å²) < 4.78 is 10.6. The number of hydrogen-bond donors (Lipinski definition) is 1. The van der Waals surface area contributed by atoms with Gasteiger partial charge in [-0.05, 0) is 48.2 Å². The standard InChI is InChI=1S/C20H20N2O2/c1-23-19-8-6-14(7-9-19)20-12-18(22-24-20)13-21-17-10-15-4-2-3-5-16(15)11-17/h2-9,12,17,21H,10-11,13H2,1H3. The maximum Gasteiger partial charge on any atom is 0.167 e.